The topological polar surface area (TPSA) is 141 Å². The summed E-state index contributed by atoms with van der Waals surface area (Å²) in [6.45, 7) is 3.71. The van der Waals surface area contributed by atoms with E-state index in [4.69, 9.17) is 4.74 Å². The lowest BCUT2D eigenvalue weighted by Gasteiger charge is -2.28. The van der Waals surface area contributed by atoms with Crippen molar-refractivity contribution in [1.29, 1.82) is 0 Å². The van der Waals surface area contributed by atoms with Crippen LogP contribution in [0.25, 0.3) is 0 Å². The fraction of sp³-hybridized carbons (Fsp3) is 0.182. The van der Waals surface area contributed by atoms with Crippen molar-refractivity contribution < 1.29 is 19.2 Å². The zero-order chi connectivity index (χ0) is 23.5. The van der Waals surface area contributed by atoms with E-state index in [-0.39, 0.29) is 12.3 Å². The van der Waals surface area contributed by atoms with Gasteiger partial charge in [0.2, 0.25) is 5.95 Å². The van der Waals surface area contributed by atoms with Crippen LogP contribution in [-0.4, -0.2) is 38.2 Å². The number of allylic oxidation sites excluding steroid dienone is 1. The zero-order valence-corrected chi connectivity index (χ0v) is 17.8. The molecule has 33 heavy (non-hydrogen) atoms. The van der Waals surface area contributed by atoms with Gasteiger partial charge in [0.15, 0.2) is 0 Å². The van der Waals surface area contributed by atoms with Gasteiger partial charge in [-0.3, -0.25) is 14.9 Å². The molecule has 3 aromatic rings. The monoisotopic (exact) mass is 448 g/mol. The first-order valence-electron chi connectivity index (χ1n) is 10.1. The Morgan fingerprint density at radius 1 is 1.24 bits per heavy atom. The lowest BCUT2D eigenvalue weighted by atomic mass is 9.94. The van der Waals surface area contributed by atoms with E-state index in [0.29, 0.717) is 34.0 Å². The van der Waals surface area contributed by atoms with Crippen LogP contribution in [0.3, 0.4) is 0 Å². The van der Waals surface area contributed by atoms with E-state index in [9.17, 15) is 19.7 Å². The number of non-ortho nitro benzene ring substituents is 1. The Kier molecular flexibility index (Phi) is 5.85. The SMILES string of the molecule is CCOC(=O)c1ccc(NC(=O)C2=C(C)Nc3ncnn3C2c2cccc([N+](=O)[O-])c2)cc1. The Bertz CT molecular complexity index is 1260. The van der Waals surface area contributed by atoms with Crippen LogP contribution in [-0.2, 0) is 9.53 Å². The molecule has 168 valence electrons. The maximum absolute atomic E-state index is 13.3. The Hall–Kier alpha value is -4.54. The minimum Gasteiger partial charge on any atom is -0.462 e. The third-order valence-corrected chi connectivity index (χ3v) is 5.09. The quantitative estimate of drug-likeness (QED) is 0.332. The molecule has 2 aromatic carbocycles. The Balaban J connectivity index is 1.67. The van der Waals surface area contributed by atoms with Crippen molar-refractivity contribution in [2.75, 3.05) is 17.2 Å². The number of esters is 1. The molecule has 4 rings (SSSR count). The summed E-state index contributed by atoms with van der Waals surface area (Å²) in [7, 11) is 0. The number of carbonyl (C=O) groups excluding carboxylic acids is 2. The van der Waals surface area contributed by atoms with Crippen molar-refractivity contribution in [3.05, 3.63) is 87.4 Å². The van der Waals surface area contributed by atoms with E-state index >= 15 is 0 Å². The van der Waals surface area contributed by atoms with E-state index in [1.165, 1.54) is 23.1 Å². The molecule has 1 aliphatic rings. The molecule has 0 bridgehead atoms. The third-order valence-electron chi connectivity index (χ3n) is 5.09. The van der Waals surface area contributed by atoms with E-state index in [0.717, 1.165) is 0 Å². The molecule has 2 heterocycles. The van der Waals surface area contributed by atoms with Gasteiger partial charge in [-0.05, 0) is 43.7 Å². The van der Waals surface area contributed by atoms with Crippen LogP contribution in [0, 0.1) is 10.1 Å². The van der Waals surface area contributed by atoms with E-state index in [1.54, 1.807) is 50.2 Å². The van der Waals surface area contributed by atoms with Crippen molar-refractivity contribution >= 4 is 29.2 Å². The highest BCUT2D eigenvalue weighted by atomic mass is 16.6. The third kappa shape index (κ3) is 4.28. The van der Waals surface area contributed by atoms with Gasteiger partial charge < -0.3 is 15.4 Å². The van der Waals surface area contributed by atoms with Gasteiger partial charge in [-0.1, -0.05) is 12.1 Å². The molecule has 11 heteroatoms. The number of rotatable bonds is 6. The molecule has 1 atom stereocenters. The first-order chi connectivity index (χ1) is 15.9. The number of hydrogen-bond donors (Lipinski definition) is 2. The highest BCUT2D eigenvalue weighted by molar-refractivity contribution is 6.06. The Morgan fingerprint density at radius 3 is 2.70 bits per heavy atom. The molecule has 0 saturated heterocycles. The van der Waals surface area contributed by atoms with Crippen LogP contribution < -0.4 is 10.6 Å². The molecule has 2 N–H and O–H groups in total. The first-order valence-corrected chi connectivity index (χ1v) is 10.1. The number of carbonyl (C=O) groups is 2. The normalized spacial score (nSPS) is 14.8. The van der Waals surface area contributed by atoms with Crippen LogP contribution in [0.5, 0.6) is 0 Å². The van der Waals surface area contributed by atoms with E-state index < -0.39 is 22.8 Å². The summed E-state index contributed by atoms with van der Waals surface area (Å²) in [6.07, 6.45) is 1.34. The van der Waals surface area contributed by atoms with Gasteiger partial charge in [-0.15, -0.1) is 0 Å². The maximum atomic E-state index is 13.3. The van der Waals surface area contributed by atoms with Gasteiger partial charge in [0.25, 0.3) is 11.6 Å². The van der Waals surface area contributed by atoms with E-state index in [2.05, 4.69) is 20.7 Å². The van der Waals surface area contributed by atoms with Crippen LogP contribution in [0.2, 0.25) is 0 Å². The molecule has 0 saturated carbocycles. The number of nitro benzene ring substituents is 1. The largest absolute Gasteiger partial charge is 0.462 e. The second kappa shape index (κ2) is 8.91. The summed E-state index contributed by atoms with van der Waals surface area (Å²) in [5.41, 5.74) is 2.11. The number of benzene rings is 2. The number of nitro groups is 1. The summed E-state index contributed by atoms with van der Waals surface area (Å²) in [5.74, 6) is -0.462. The van der Waals surface area contributed by atoms with Crippen molar-refractivity contribution in [3.8, 4) is 0 Å². The number of aromatic nitrogens is 3. The van der Waals surface area contributed by atoms with Crippen LogP contribution in [0.4, 0.5) is 17.3 Å². The maximum Gasteiger partial charge on any atom is 0.338 e. The second-order valence-corrected chi connectivity index (χ2v) is 7.20. The van der Waals surface area contributed by atoms with Gasteiger partial charge in [0, 0.05) is 23.5 Å². The Labute approximate surface area is 188 Å². The molecular weight excluding hydrogens is 428 g/mol. The number of ether oxygens (including phenoxy) is 1. The number of nitrogens with zero attached hydrogens (tertiary/aromatic N) is 4. The fourth-order valence-corrected chi connectivity index (χ4v) is 3.60. The van der Waals surface area contributed by atoms with Crippen molar-refractivity contribution in [3.63, 3.8) is 0 Å². The van der Waals surface area contributed by atoms with E-state index in [1.807, 2.05) is 0 Å². The van der Waals surface area contributed by atoms with Gasteiger partial charge in [-0.25, -0.2) is 9.48 Å². The van der Waals surface area contributed by atoms with Gasteiger partial charge in [0.05, 0.1) is 22.7 Å². The molecule has 1 aromatic heterocycles. The highest BCUT2D eigenvalue weighted by Gasteiger charge is 2.34. The average molecular weight is 448 g/mol. The number of fused-ring (bicyclic) bond motifs is 1. The Morgan fingerprint density at radius 2 is 2.00 bits per heavy atom. The number of nitrogens with one attached hydrogen (secondary N) is 2. The minimum absolute atomic E-state index is 0.0975. The second-order valence-electron chi connectivity index (χ2n) is 7.20. The lowest BCUT2D eigenvalue weighted by Crippen LogP contribution is -2.31. The van der Waals surface area contributed by atoms with Crippen LogP contribution in [0.15, 0.2) is 66.1 Å². The van der Waals surface area contributed by atoms with Crippen molar-refractivity contribution in [2.45, 2.75) is 19.9 Å². The molecular formula is C22H20N6O5. The van der Waals surface area contributed by atoms with Gasteiger partial charge in [-0.2, -0.15) is 10.1 Å². The molecule has 0 aliphatic carbocycles. The fourth-order valence-electron chi connectivity index (χ4n) is 3.60. The molecule has 11 nitrogen and oxygen atoms in total. The molecule has 1 amide bonds. The van der Waals surface area contributed by atoms with Gasteiger partial charge >= 0.3 is 5.97 Å². The molecule has 0 radical (unpaired) electrons. The molecule has 0 fully saturated rings. The predicted octanol–water partition coefficient (Wildman–Crippen LogP) is 3.29. The summed E-state index contributed by atoms with van der Waals surface area (Å²) < 4.78 is 6.47. The van der Waals surface area contributed by atoms with Crippen molar-refractivity contribution in [1.82, 2.24) is 14.8 Å². The number of anilines is 2. The summed E-state index contributed by atoms with van der Waals surface area (Å²) >= 11 is 0. The standard InChI is InChI=1S/C22H20N6O5/c1-3-33-21(30)14-7-9-16(10-8-14)26-20(29)18-13(2)25-22-23-12-24-27(22)19(18)15-5-4-6-17(11-15)28(31)32/h4-12,19H,3H2,1-2H3,(H,26,29)(H,23,24,25). The van der Waals surface area contributed by atoms with Crippen molar-refractivity contribution in [2.24, 2.45) is 0 Å². The highest BCUT2D eigenvalue weighted by Crippen LogP contribution is 2.36. The summed E-state index contributed by atoms with van der Waals surface area (Å²) in [4.78, 5) is 40.2. The van der Waals surface area contributed by atoms with Crippen LogP contribution >= 0.6 is 0 Å². The lowest BCUT2D eigenvalue weighted by molar-refractivity contribution is -0.384. The zero-order valence-electron chi connectivity index (χ0n) is 17.8. The minimum atomic E-state index is -0.734. The predicted molar refractivity (Wildman–Crippen MR) is 119 cm³/mol. The van der Waals surface area contributed by atoms with Gasteiger partial charge in [0.1, 0.15) is 12.4 Å². The van der Waals surface area contributed by atoms with Crippen LogP contribution in [0.1, 0.15) is 35.8 Å². The molecule has 1 unspecified atom stereocenters. The summed E-state index contributed by atoms with van der Waals surface area (Å²) in [5, 5.41) is 21.4. The molecule has 0 spiro atoms. The number of hydrogen-bond acceptors (Lipinski definition) is 8. The first kappa shape index (κ1) is 21.7. The number of amides is 1. The average Bonchev–Trinajstić information content (AvgIpc) is 3.26. The summed E-state index contributed by atoms with van der Waals surface area (Å²) in [6, 6.07) is 11.6. The molecule has 1 aliphatic heterocycles. The smallest absolute Gasteiger partial charge is 0.338 e.